The summed E-state index contributed by atoms with van der Waals surface area (Å²) < 4.78 is 4.94. The van der Waals surface area contributed by atoms with Crippen molar-refractivity contribution in [1.82, 2.24) is 9.13 Å². The maximum atomic E-state index is 2.54. The van der Waals surface area contributed by atoms with Crippen LogP contribution < -0.4 is 4.90 Å². The minimum atomic E-state index is -0.591. The first-order valence-corrected chi connectivity index (χ1v) is 26.3. The van der Waals surface area contributed by atoms with Crippen molar-refractivity contribution in [1.29, 1.82) is 0 Å². The van der Waals surface area contributed by atoms with E-state index >= 15 is 0 Å². The first kappa shape index (κ1) is 42.5. The number of fused-ring (bicyclic) bond motifs is 15. The van der Waals surface area contributed by atoms with Gasteiger partial charge >= 0.3 is 0 Å². The summed E-state index contributed by atoms with van der Waals surface area (Å²) >= 11 is 0. The molecular formula is C73H47N3. The molecule has 0 bridgehead atoms. The van der Waals surface area contributed by atoms with E-state index in [9.17, 15) is 0 Å². The minimum Gasteiger partial charge on any atom is -0.310 e. The van der Waals surface area contributed by atoms with E-state index in [0.29, 0.717) is 0 Å². The Morgan fingerprint density at radius 2 is 0.750 bits per heavy atom. The molecule has 1 aliphatic carbocycles. The van der Waals surface area contributed by atoms with Crippen LogP contribution in [0.2, 0.25) is 0 Å². The Balaban J connectivity index is 0.913. The van der Waals surface area contributed by atoms with E-state index in [1.807, 2.05) is 0 Å². The Morgan fingerprint density at radius 1 is 0.276 bits per heavy atom. The average molecular weight is 966 g/mol. The van der Waals surface area contributed by atoms with E-state index in [1.54, 1.807) is 0 Å². The van der Waals surface area contributed by atoms with Crippen molar-refractivity contribution in [2.75, 3.05) is 4.90 Å². The third-order valence-corrected chi connectivity index (χ3v) is 16.5. The second kappa shape index (κ2) is 16.5. The van der Waals surface area contributed by atoms with E-state index in [2.05, 4.69) is 299 Å². The Hall–Kier alpha value is -9.96. The summed E-state index contributed by atoms with van der Waals surface area (Å²) in [5, 5.41) is 5.06. The van der Waals surface area contributed by atoms with Gasteiger partial charge in [-0.15, -0.1) is 0 Å². The van der Waals surface area contributed by atoms with E-state index in [4.69, 9.17) is 0 Å². The lowest BCUT2D eigenvalue weighted by Crippen LogP contribution is -2.33. The van der Waals surface area contributed by atoms with Crippen molar-refractivity contribution in [2.45, 2.75) is 5.41 Å². The molecule has 354 valence electrons. The summed E-state index contributed by atoms with van der Waals surface area (Å²) in [6, 6.07) is 106. The zero-order chi connectivity index (χ0) is 49.9. The molecule has 0 saturated heterocycles. The first-order valence-electron chi connectivity index (χ1n) is 26.3. The number of hydrogen-bond donors (Lipinski definition) is 0. The van der Waals surface area contributed by atoms with E-state index in [1.165, 1.54) is 93.8 Å². The Labute approximate surface area is 441 Å². The number of nitrogens with zero attached hydrogens (tertiary/aromatic N) is 3. The number of para-hydroxylation sites is 5. The molecule has 14 aromatic rings. The molecule has 2 aliphatic rings. The van der Waals surface area contributed by atoms with Gasteiger partial charge in [0, 0.05) is 44.2 Å². The lowest BCUT2D eigenvalue weighted by Gasteiger charge is -2.40. The Bertz CT molecular complexity index is 4530. The quantitative estimate of drug-likeness (QED) is 0.155. The van der Waals surface area contributed by atoms with Gasteiger partial charge < -0.3 is 14.0 Å². The van der Waals surface area contributed by atoms with Crippen LogP contribution in [0.15, 0.2) is 285 Å². The van der Waals surface area contributed by atoms with Gasteiger partial charge in [0.1, 0.15) is 0 Å². The summed E-state index contributed by atoms with van der Waals surface area (Å²) in [5.74, 6) is 0. The van der Waals surface area contributed by atoms with Crippen molar-refractivity contribution >= 4 is 60.7 Å². The van der Waals surface area contributed by atoms with Crippen LogP contribution >= 0.6 is 0 Å². The van der Waals surface area contributed by atoms with Crippen molar-refractivity contribution in [3.8, 4) is 55.9 Å². The SMILES string of the molecule is c1ccc(-c2ccc(-c3ccccc3N(c3ccc(-c4cccc(-n5c6ccccc6c6ccccc65)c4)cc3)c3ccc4c(c3)C3(c5ccccc5-c5ccccc53)c3cccc5c6ccccc6n-4c35)cc2)cc1. The predicted octanol–water partition coefficient (Wildman–Crippen LogP) is 19.0. The van der Waals surface area contributed by atoms with Crippen LogP contribution in [0, 0.1) is 0 Å². The van der Waals surface area contributed by atoms with Crippen LogP contribution in [0.3, 0.4) is 0 Å². The molecule has 12 aromatic carbocycles. The van der Waals surface area contributed by atoms with E-state index in [0.717, 1.165) is 45.0 Å². The fourth-order valence-electron chi connectivity index (χ4n) is 13.3. The molecule has 0 radical (unpaired) electrons. The van der Waals surface area contributed by atoms with Crippen molar-refractivity contribution in [3.05, 3.63) is 307 Å². The van der Waals surface area contributed by atoms with E-state index in [-0.39, 0.29) is 0 Å². The Kier molecular flexibility index (Phi) is 9.25. The number of aromatic nitrogens is 2. The normalized spacial score (nSPS) is 12.8. The highest BCUT2D eigenvalue weighted by atomic mass is 15.1. The van der Waals surface area contributed by atoms with Gasteiger partial charge in [0.2, 0.25) is 0 Å². The summed E-state index contributed by atoms with van der Waals surface area (Å²) in [4.78, 5) is 2.49. The van der Waals surface area contributed by atoms with Gasteiger partial charge in [-0.05, 0) is 128 Å². The molecule has 2 aromatic heterocycles. The molecule has 3 heterocycles. The molecule has 1 spiro atoms. The predicted molar refractivity (Wildman–Crippen MR) is 317 cm³/mol. The first-order chi connectivity index (χ1) is 37.7. The van der Waals surface area contributed by atoms with Crippen molar-refractivity contribution in [3.63, 3.8) is 0 Å². The van der Waals surface area contributed by atoms with Crippen LogP contribution in [0.1, 0.15) is 22.3 Å². The molecule has 76 heavy (non-hydrogen) atoms. The summed E-state index contributed by atoms with van der Waals surface area (Å²) in [6.07, 6.45) is 0. The summed E-state index contributed by atoms with van der Waals surface area (Å²) in [7, 11) is 0. The molecule has 0 N–H and O–H groups in total. The van der Waals surface area contributed by atoms with Gasteiger partial charge in [-0.25, -0.2) is 0 Å². The smallest absolute Gasteiger partial charge is 0.0755 e. The molecule has 1 aliphatic heterocycles. The van der Waals surface area contributed by atoms with Crippen LogP contribution in [-0.4, -0.2) is 9.13 Å². The molecule has 3 nitrogen and oxygen atoms in total. The largest absolute Gasteiger partial charge is 0.310 e. The van der Waals surface area contributed by atoms with Crippen LogP contribution in [0.25, 0.3) is 99.5 Å². The maximum absolute atomic E-state index is 2.54. The third kappa shape index (κ3) is 6.05. The molecule has 0 fully saturated rings. The van der Waals surface area contributed by atoms with Crippen molar-refractivity contribution in [2.24, 2.45) is 0 Å². The zero-order valence-electron chi connectivity index (χ0n) is 41.5. The zero-order valence-corrected chi connectivity index (χ0v) is 41.5. The van der Waals surface area contributed by atoms with E-state index < -0.39 is 5.41 Å². The minimum absolute atomic E-state index is 0.591. The number of hydrogen-bond acceptors (Lipinski definition) is 1. The highest BCUT2D eigenvalue weighted by Gasteiger charge is 2.51. The lowest BCUT2D eigenvalue weighted by atomic mass is 9.65. The van der Waals surface area contributed by atoms with Gasteiger partial charge in [-0.1, -0.05) is 218 Å². The monoisotopic (exact) mass is 965 g/mol. The molecule has 0 atom stereocenters. The fourth-order valence-corrected chi connectivity index (χ4v) is 13.3. The lowest BCUT2D eigenvalue weighted by molar-refractivity contribution is 0.748. The number of anilines is 3. The van der Waals surface area contributed by atoms with Gasteiger partial charge in [0.15, 0.2) is 0 Å². The second-order valence-corrected chi connectivity index (χ2v) is 20.4. The summed E-state index contributed by atoms with van der Waals surface area (Å²) in [5.41, 5.74) is 24.7. The highest BCUT2D eigenvalue weighted by Crippen LogP contribution is 2.62. The molecular weight excluding hydrogens is 919 g/mol. The number of rotatable bonds is 7. The summed E-state index contributed by atoms with van der Waals surface area (Å²) in [6.45, 7) is 0. The topological polar surface area (TPSA) is 13.1 Å². The molecule has 0 unspecified atom stereocenters. The second-order valence-electron chi connectivity index (χ2n) is 20.4. The standard InChI is InChI=1S/C73H47N3/c1-2-18-48(19-3-1)49-36-38-51(39-37-49)56-22-6-12-32-67(56)74(53-42-40-50(41-43-53)52-20-16-21-54(46-52)75-68-33-13-7-25-59(68)60-26-8-14-34-69(60)75)55-44-45-71-66(47-55)73(63-29-10-4-23-57(63)58-24-5-11-30-64(58)73)65-31-17-28-62-61-27-9-15-35-70(61)76(71)72(62)65/h1-47H. The van der Waals surface area contributed by atoms with Gasteiger partial charge in [-0.2, -0.15) is 0 Å². The average Bonchev–Trinajstić information content (AvgIpc) is 4.30. The van der Waals surface area contributed by atoms with Gasteiger partial charge in [-0.3, -0.25) is 0 Å². The highest BCUT2D eigenvalue weighted by molar-refractivity contribution is 6.13. The number of benzene rings is 12. The van der Waals surface area contributed by atoms with Crippen LogP contribution in [0.4, 0.5) is 17.1 Å². The Morgan fingerprint density at radius 3 is 1.45 bits per heavy atom. The molecule has 3 heteroatoms. The van der Waals surface area contributed by atoms with Crippen LogP contribution in [-0.2, 0) is 5.41 Å². The van der Waals surface area contributed by atoms with Crippen LogP contribution in [0.5, 0.6) is 0 Å². The van der Waals surface area contributed by atoms with Gasteiger partial charge in [0.05, 0.1) is 38.9 Å². The fraction of sp³-hybridized carbons (Fsp3) is 0.0137. The third-order valence-electron chi connectivity index (χ3n) is 16.5. The van der Waals surface area contributed by atoms with Gasteiger partial charge in [0.25, 0.3) is 0 Å². The molecule has 16 rings (SSSR count). The maximum Gasteiger partial charge on any atom is 0.0755 e. The molecule has 0 amide bonds. The molecule has 0 saturated carbocycles. The van der Waals surface area contributed by atoms with Crippen molar-refractivity contribution < 1.29 is 0 Å².